The van der Waals surface area contributed by atoms with Crippen LogP contribution in [0.15, 0.2) is 71.2 Å². The van der Waals surface area contributed by atoms with Gasteiger partial charge in [-0.05, 0) is 74.2 Å². The van der Waals surface area contributed by atoms with Crippen LogP contribution in [0.5, 0.6) is 5.75 Å². The predicted octanol–water partition coefficient (Wildman–Crippen LogP) is 6.26. The average Bonchev–Trinajstić information content (AvgIpc) is 2.84. The molecular formula is C29H32BrClN2O3. The van der Waals surface area contributed by atoms with E-state index < -0.39 is 6.04 Å². The van der Waals surface area contributed by atoms with Gasteiger partial charge in [0.25, 0.3) is 5.91 Å². The molecule has 3 aromatic rings. The van der Waals surface area contributed by atoms with E-state index in [4.69, 9.17) is 16.3 Å². The minimum Gasteiger partial charge on any atom is -0.484 e. The molecule has 2 amide bonds. The second-order valence-corrected chi connectivity index (χ2v) is 10.4. The summed E-state index contributed by atoms with van der Waals surface area (Å²) in [7, 11) is 0. The van der Waals surface area contributed by atoms with Crippen LogP contribution >= 0.6 is 27.5 Å². The minimum absolute atomic E-state index is 0.0618. The Labute approximate surface area is 226 Å². The molecule has 36 heavy (non-hydrogen) atoms. The van der Waals surface area contributed by atoms with E-state index in [-0.39, 0.29) is 31.0 Å². The van der Waals surface area contributed by atoms with E-state index in [9.17, 15) is 9.59 Å². The molecule has 0 aliphatic carbocycles. The molecule has 190 valence electrons. The summed E-state index contributed by atoms with van der Waals surface area (Å²) in [5.74, 6) is 0.133. The topological polar surface area (TPSA) is 58.6 Å². The Hall–Kier alpha value is -2.83. The number of hydrogen-bond donors (Lipinski definition) is 1. The fraction of sp³-hybridized carbons (Fsp3) is 0.310. The van der Waals surface area contributed by atoms with Gasteiger partial charge in [-0.25, -0.2) is 0 Å². The zero-order valence-electron chi connectivity index (χ0n) is 21.1. The van der Waals surface area contributed by atoms with Gasteiger partial charge in [0.15, 0.2) is 6.61 Å². The van der Waals surface area contributed by atoms with E-state index in [0.717, 1.165) is 26.7 Å². The quantitative estimate of drug-likeness (QED) is 0.312. The summed E-state index contributed by atoms with van der Waals surface area (Å²) < 4.78 is 6.93. The molecule has 0 unspecified atom stereocenters. The molecule has 3 aromatic carbocycles. The molecule has 0 heterocycles. The van der Waals surface area contributed by atoms with Gasteiger partial charge >= 0.3 is 0 Å². The fourth-order valence-corrected chi connectivity index (χ4v) is 4.29. The van der Waals surface area contributed by atoms with Crippen LogP contribution in [0, 0.1) is 13.8 Å². The van der Waals surface area contributed by atoms with Gasteiger partial charge in [0, 0.05) is 28.5 Å². The molecule has 0 bridgehead atoms. The average molecular weight is 572 g/mol. The second kappa shape index (κ2) is 12.9. The summed E-state index contributed by atoms with van der Waals surface area (Å²) in [5, 5.41) is 3.60. The lowest BCUT2D eigenvalue weighted by Gasteiger charge is -2.32. The van der Waals surface area contributed by atoms with Gasteiger partial charge in [0.2, 0.25) is 5.91 Å². The number of ether oxygens (including phenoxy) is 1. The van der Waals surface area contributed by atoms with Crippen molar-refractivity contribution in [2.45, 2.75) is 52.7 Å². The lowest BCUT2D eigenvalue weighted by molar-refractivity contribution is -0.143. The van der Waals surface area contributed by atoms with Crippen LogP contribution < -0.4 is 10.1 Å². The number of carbonyl (C=O) groups is 2. The highest BCUT2D eigenvalue weighted by Crippen LogP contribution is 2.26. The van der Waals surface area contributed by atoms with Crippen molar-refractivity contribution in [3.8, 4) is 5.75 Å². The minimum atomic E-state index is -0.713. The Morgan fingerprint density at radius 3 is 2.17 bits per heavy atom. The van der Waals surface area contributed by atoms with E-state index in [1.807, 2.05) is 82.3 Å². The van der Waals surface area contributed by atoms with Crippen molar-refractivity contribution in [2.24, 2.45) is 0 Å². The van der Waals surface area contributed by atoms with Crippen LogP contribution in [-0.4, -0.2) is 35.4 Å². The van der Waals surface area contributed by atoms with Crippen LogP contribution in [0.1, 0.15) is 36.1 Å². The number of halogens is 2. The first-order valence-corrected chi connectivity index (χ1v) is 13.1. The van der Waals surface area contributed by atoms with Crippen molar-refractivity contribution < 1.29 is 14.3 Å². The van der Waals surface area contributed by atoms with Gasteiger partial charge < -0.3 is 15.0 Å². The zero-order chi connectivity index (χ0) is 26.2. The number of aryl methyl sites for hydroxylation is 2. The van der Waals surface area contributed by atoms with E-state index >= 15 is 0 Å². The van der Waals surface area contributed by atoms with E-state index in [0.29, 0.717) is 17.2 Å². The lowest BCUT2D eigenvalue weighted by Crippen LogP contribution is -2.52. The highest BCUT2D eigenvalue weighted by Gasteiger charge is 2.31. The largest absolute Gasteiger partial charge is 0.484 e. The number of nitrogens with zero attached hydrogens (tertiary/aromatic N) is 1. The molecule has 0 fully saturated rings. The number of nitrogens with one attached hydrogen (secondary N) is 1. The van der Waals surface area contributed by atoms with Crippen LogP contribution in [-0.2, 0) is 22.6 Å². The molecule has 0 aliphatic heterocycles. The molecule has 0 saturated heterocycles. The molecule has 0 radical (unpaired) electrons. The summed E-state index contributed by atoms with van der Waals surface area (Å²) in [5.41, 5.74) is 3.89. The molecule has 5 nitrogen and oxygen atoms in total. The third-order valence-electron chi connectivity index (χ3n) is 5.74. The Bertz CT molecular complexity index is 1160. The first-order chi connectivity index (χ1) is 17.1. The second-order valence-electron chi connectivity index (χ2n) is 9.18. The summed E-state index contributed by atoms with van der Waals surface area (Å²) in [6.07, 6.45) is 0.384. The van der Waals surface area contributed by atoms with Crippen LogP contribution in [0.25, 0.3) is 0 Å². The van der Waals surface area contributed by atoms with E-state index in [1.165, 1.54) is 0 Å². The van der Waals surface area contributed by atoms with Crippen LogP contribution in [0.4, 0.5) is 0 Å². The third kappa shape index (κ3) is 7.84. The molecule has 0 saturated carbocycles. The van der Waals surface area contributed by atoms with Crippen molar-refractivity contribution in [1.29, 1.82) is 0 Å². The van der Waals surface area contributed by atoms with Gasteiger partial charge in [-0.3, -0.25) is 9.59 Å². The number of amides is 2. The van der Waals surface area contributed by atoms with Gasteiger partial charge in [-0.1, -0.05) is 70.0 Å². The molecule has 1 atom stereocenters. The summed E-state index contributed by atoms with van der Waals surface area (Å²) >= 11 is 9.63. The maximum atomic E-state index is 13.6. The molecule has 7 heteroatoms. The summed E-state index contributed by atoms with van der Waals surface area (Å²) in [6, 6.07) is 20.0. The molecular weight excluding hydrogens is 540 g/mol. The first-order valence-electron chi connectivity index (χ1n) is 11.9. The summed E-state index contributed by atoms with van der Waals surface area (Å²) in [6.45, 7) is 7.83. The number of rotatable bonds is 10. The van der Waals surface area contributed by atoms with Crippen molar-refractivity contribution in [2.75, 3.05) is 6.61 Å². The summed E-state index contributed by atoms with van der Waals surface area (Å²) in [4.78, 5) is 28.6. The van der Waals surface area contributed by atoms with Gasteiger partial charge in [-0.15, -0.1) is 0 Å². The van der Waals surface area contributed by atoms with Gasteiger partial charge in [0.1, 0.15) is 11.8 Å². The maximum absolute atomic E-state index is 13.6. The molecule has 0 aliphatic rings. The van der Waals surface area contributed by atoms with E-state index in [1.54, 1.807) is 17.0 Å². The maximum Gasteiger partial charge on any atom is 0.261 e. The van der Waals surface area contributed by atoms with Gasteiger partial charge in [0.05, 0.1) is 0 Å². The van der Waals surface area contributed by atoms with E-state index in [2.05, 4.69) is 21.2 Å². The lowest BCUT2D eigenvalue weighted by atomic mass is 10.0. The highest BCUT2D eigenvalue weighted by atomic mass is 79.9. The fourth-order valence-electron chi connectivity index (χ4n) is 3.94. The third-order valence-corrected chi connectivity index (χ3v) is 7.24. The van der Waals surface area contributed by atoms with Crippen LogP contribution in [0.3, 0.4) is 0 Å². The standard InChI is InChI=1S/C29H32BrClN2O3/c1-19(2)32-29(35)26(16-22-8-6-5-7-9-22)33(17-23-10-12-24(31)13-11-23)27(34)18-36-25-14-20(3)28(30)21(4)15-25/h5-15,19,26H,16-18H2,1-4H3,(H,32,35)/t26-/m0/s1. The smallest absolute Gasteiger partial charge is 0.261 e. The Balaban J connectivity index is 1.91. The normalized spacial score (nSPS) is 11.8. The van der Waals surface area contributed by atoms with Crippen molar-refractivity contribution in [3.05, 3.63) is 98.5 Å². The number of benzene rings is 3. The molecule has 1 N–H and O–H groups in total. The molecule has 3 rings (SSSR count). The Morgan fingerprint density at radius 1 is 0.972 bits per heavy atom. The Morgan fingerprint density at radius 2 is 1.58 bits per heavy atom. The van der Waals surface area contributed by atoms with Crippen molar-refractivity contribution in [1.82, 2.24) is 10.2 Å². The predicted molar refractivity (Wildman–Crippen MR) is 148 cm³/mol. The van der Waals surface area contributed by atoms with Crippen molar-refractivity contribution >= 4 is 39.3 Å². The van der Waals surface area contributed by atoms with Crippen LogP contribution in [0.2, 0.25) is 5.02 Å². The SMILES string of the molecule is Cc1cc(OCC(=O)N(Cc2ccc(Cl)cc2)[C@@H](Cc2ccccc2)C(=O)NC(C)C)cc(C)c1Br. The first kappa shape index (κ1) is 27.8. The zero-order valence-corrected chi connectivity index (χ0v) is 23.4. The Kier molecular flexibility index (Phi) is 9.97. The monoisotopic (exact) mass is 570 g/mol. The van der Waals surface area contributed by atoms with Gasteiger partial charge in [-0.2, -0.15) is 0 Å². The molecule has 0 aromatic heterocycles. The molecule has 0 spiro atoms. The van der Waals surface area contributed by atoms with Crippen molar-refractivity contribution in [3.63, 3.8) is 0 Å². The highest BCUT2D eigenvalue weighted by molar-refractivity contribution is 9.10. The number of hydrogen-bond acceptors (Lipinski definition) is 3. The number of carbonyl (C=O) groups excluding carboxylic acids is 2.